The molecule has 0 saturated heterocycles. The van der Waals surface area contributed by atoms with Gasteiger partial charge in [-0.1, -0.05) is 12.1 Å². The predicted molar refractivity (Wildman–Crippen MR) is 102 cm³/mol. The van der Waals surface area contributed by atoms with E-state index in [0.29, 0.717) is 11.2 Å². The molecule has 28 heavy (non-hydrogen) atoms. The molecule has 0 radical (unpaired) electrons. The number of alkyl halides is 3. The summed E-state index contributed by atoms with van der Waals surface area (Å²) in [6, 6.07) is 11.5. The highest BCUT2D eigenvalue weighted by Crippen LogP contribution is 2.33. The number of hydrogen-bond donors (Lipinski definition) is 0. The van der Waals surface area contributed by atoms with Gasteiger partial charge in [0.25, 0.3) is 0 Å². The highest BCUT2D eigenvalue weighted by Gasteiger charge is 2.31. The van der Waals surface area contributed by atoms with Gasteiger partial charge >= 0.3 is 6.36 Å². The molecule has 0 aliphatic heterocycles. The summed E-state index contributed by atoms with van der Waals surface area (Å²) in [6.45, 7) is 0. The first-order valence-electron chi connectivity index (χ1n) is 8.23. The first-order chi connectivity index (χ1) is 13.2. The van der Waals surface area contributed by atoms with Gasteiger partial charge in [-0.25, -0.2) is 4.98 Å². The number of hydrogen-bond acceptors (Lipinski definition) is 4. The summed E-state index contributed by atoms with van der Waals surface area (Å²) in [5, 5.41) is 1.53. The third-order valence-electron chi connectivity index (χ3n) is 4.41. The SMILES string of the molecule is CN(c1ccc2cc(OC(F)(F)F)ccc2c1)c1nc(Cl)nc2ccn(C)c12. The molecule has 9 heteroatoms. The van der Waals surface area contributed by atoms with Crippen LogP contribution in [0.1, 0.15) is 0 Å². The van der Waals surface area contributed by atoms with Gasteiger partial charge in [0.1, 0.15) is 11.3 Å². The second-order valence-corrected chi connectivity index (χ2v) is 6.61. The summed E-state index contributed by atoms with van der Waals surface area (Å²) in [5.74, 6) is 0.369. The Morgan fingerprint density at radius 2 is 1.75 bits per heavy atom. The van der Waals surface area contributed by atoms with E-state index in [4.69, 9.17) is 11.6 Å². The van der Waals surface area contributed by atoms with Crippen LogP contribution < -0.4 is 9.64 Å². The van der Waals surface area contributed by atoms with Crippen molar-refractivity contribution in [2.24, 2.45) is 7.05 Å². The molecule has 5 nitrogen and oxygen atoms in total. The molecule has 4 rings (SSSR count). The van der Waals surface area contributed by atoms with E-state index >= 15 is 0 Å². The van der Waals surface area contributed by atoms with Crippen molar-refractivity contribution < 1.29 is 17.9 Å². The third kappa shape index (κ3) is 3.43. The lowest BCUT2D eigenvalue weighted by atomic mass is 10.1. The van der Waals surface area contributed by atoms with Crippen molar-refractivity contribution in [3.8, 4) is 5.75 Å². The Bertz CT molecular complexity index is 1190. The molecular formula is C19H14ClF3N4O. The maximum atomic E-state index is 12.4. The van der Waals surface area contributed by atoms with Crippen LogP contribution in [-0.4, -0.2) is 27.9 Å². The maximum absolute atomic E-state index is 12.4. The van der Waals surface area contributed by atoms with E-state index in [0.717, 1.165) is 22.1 Å². The molecule has 0 atom stereocenters. The van der Waals surface area contributed by atoms with Crippen molar-refractivity contribution in [3.63, 3.8) is 0 Å². The Balaban J connectivity index is 1.75. The minimum absolute atomic E-state index is 0.135. The summed E-state index contributed by atoms with van der Waals surface area (Å²) >= 11 is 6.07. The zero-order valence-corrected chi connectivity index (χ0v) is 15.6. The first-order valence-corrected chi connectivity index (χ1v) is 8.61. The van der Waals surface area contributed by atoms with Gasteiger partial charge in [0.05, 0.1) is 5.52 Å². The number of benzene rings is 2. The van der Waals surface area contributed by atoms with Crippen LogP contribution in [0.25, 0.3) is 21.8 Å². The second kappa shape index (κ2) is 6.56. The van der Waals surface area contributed by atoms with E-state index in [1.165, 1.54) is 12.1 Å². The molecule has 2 aromatic carbocycles. The average molecular weight is 407 g/mol. The van der Waals surface area contributed by atoms with E-state index < -0.39 is 6.36 Å². The molecule has 0 spiro atoms. The number of aromatic nitrogens is 3. The number of anilines is 2. The van der Waals surface area contributed by atoms with E-state index in [-0.39, 0.29) is 11.0 Å². The predicted octanol–water partition coefficient (Wildman–Crippen LogP) is 5.44. The fourth-order valence-electron chi connectivity index (χ4n) is 3.12. The number of halogens is 4. The van der Waals surface area contributed by atoms with E-state index in [1.54, 1.807) is 18.2 Å². The lowest BCUT2D eigenvalue weighted by Crippen LogP contribution is -2.17. The minimum Gasteiger partial charge on any atom is -0.406 e. The first kappa shape index (κ1) is 18.4. The van der Waals surface area contributed by atoms with Crippen molar-refractivity contribution in [2.75, 3.05) is 11.9 Å². The van der Waals surface area contributed by atoms with Gasteiger partial charge in [0.2, 0.25) is 5.28 Å². The fourth-order valence-corrected chi connectivity index (χ4v) is 3.29. The second-order valence-electron chi connectivity index (χ2n) is 6.28. The molecule has 2 heterocycles. The zero-order chi connectivity index (χ0) is 20.1. The Kier molecular flexibility index (Phi) is 4.30. The molecule has 4 aromatic rings. The lowest BCUT2D eigenvalue weighted by molar-refractivity contribution is -0.274. The molecule has 0 unspecified atom stereocenters. The van der Waals surface area contributed by atoms with Crippen molar-refractivity contribution in [1.82, 2.24) is 14.5 Å². The monoisotopic (exact) mass is 406 g/mol. The minimum atomic E-state index is -4.72. The number of fused-ring (bicyclic) bond motifs is 2. The molecule has 0 bridgehead atoms. The van der Waals surface area contributed by atoms with Gasteiger partial charge in [-0.3, -0.25) is 0 Å². The summed E-state index contributed by atoms with van der Waals surface area (Å²) in [4.78, 5) is 10.4. The van der Waals surface area contributed by atoms with Crippen LogP contribution in [0.15, 0.2) is 48.7 Å². The number of rotatable bonds is 3. The number of nitrogens with zero attached hydrogens (tertiary/aromatic N) is 4. The van der Waals surface area contributed by atoms with Gasteiger partial charge in [-0.15, -0.1) is 13.2 Å². The summed E-state index contributed by atoms with van der Waals surface area (Å²) in [6.07, 6.45) is -2.85. The molecule has 144 valence electrons. The molecule has 0 aliphatic carbocycles. The Labute approximate surface area is 162 Å². The maximum Gasteiger partial charge on any atom is 0.573 e. The summed E-state index contributed by atoms with van der Waals surface area (Å²) < 4.78 is 43.1. The van der Waals surface area contributed by atoms with Gasteiger partial charge in [0.15, 0.2) is 5.82 Å². The highest BCUT2D eigenvalue weighted by molar-refractivity contribution is 6.28. The molecule has 2 aromatic heterocycles. The molecule has 0 amide bonds. The molecule has 0 fully saturated rings. The lowest BCUT2D eigenvalue weighted by Gasteiger charge is -2.20. The standard InChI is InChI=1S/C19H14ClF3N4O/c1-26-8-7-15-16(26)17(25-18(20)24-15)27(2)13-5-3-12-10-14(28-19(21,22)23)6-4-11(12)9-13/h3-10H,1-2H3. The fraction of sp³-hybridized carbons (Fsp3) is 0.158. The van der Waals surface area contributed by atoms with Gasteiger partial charge < -0.3 is 14.2 Å². The van der Waals surface area contributed by atoms with E-state index in [1.807, 2.05) is 41.9 Å². The summed E-state index contributed by atoms with van der Waals surface area (Å²) in [7, 11) is 3.73. The van der Waals surface area contributed by atoms with Crippen LogP contribution in [0, 0.1) is 0 Å². The molecule has 0 saturated carbocycles. The van der Waals surface area contributed by atoms with Crippen molar-refractivity contribution in [1.29, 1.82) is 0 Å². The molecular weight excluding hydrogens is 393 g/mol. The number of aryl methyl sites for hydroxylation is 1. The molecule has 0 aliphatic rings. The average Bonchev–Trinajstić information content (AvgIpc) is 2.99. The van der Waals surface area contributed by atoms with E-state index in [9.17, 15) is 13.2 Å². The van der Waals surface area contributed by atoms with Crippen LogP contribution in [0.2, 0.25) is 5.28 Å². The zero-order valence-electron chi connectivity index (χ0n) is 14.8. The smallest absolute Gasteiger partial charge is 0.406 e. The quantitative estimate of drug-likeness (QED) is 0.425. The third-order valence-corrected chi connectivity index (χ3v) is 4.58. The van der Waals surface area contributed by atoms with Gasteiger partial charge in [-0.05, 0) is 52.7 Å². The Hall–Kier alpha value is -3.00. The Morgan fingerprint density at radius 3 is 2.50 bits per heavy atom. The van der Waals surface area contributed by atoms with E-state index in [2.05, 4.69) is 14.7 Å². The van der Waals surface area contributed by atoms with Gasteiger partial charge in [-0.2, -0.15) is 4.98 Å². The highest BCUT2D eigenvalue weighted by atomic mass is 35.5. The molecule has 0 N–H and O–H groups in total. The van der Waals surface area contributed by atoms with Crippen LogP contribution in [0.5, 0.6) is 5.75 Å². The number of ether oxygens (including phenoxy) is 1. The topological polar surface area (TPSA) is 43.2 Å². The normalized spacial score (nSPS) is 11.9. The van der Waals surface area contributed by atoms with Crippen molar-refractivity contribution in [2.45, 2.75) is 6.36 Å². The van der Waals surface area contributed by atoms with Gasteiger partial charge in [0, 0.05) is 26.0 Å². The van der Waals surface area contributed by atoms with Crippen LogP contribution >= 0.6 is 11.6 Å². The van der Waals surface area contributed by atoms with Crippen molar-refractivity contribution in [3.05, 3.63) is 53.9 Å². The Morgan fingerprint density at radius 1 is 1.04 bits per heavy atom. The van der Waals surface area contributed by atoms with Crippen LogP contribution in [0.4, 0.5) is 24.7 Å². The van der Waals surface area contributed by atoms with Crippen LogP contribution in [-0.2, 0) is 7.05 Å². The van der Waals surface area contributed by atoms with Crippen LogP contribution in [0.3, 0.4) is 0 Å². The largest absolute Gasteiger partial charge is 0.573 e. The summed E-state index contributed by atoms with van der Waals surface area (Å²) in [5.41, 5.74) is 2.34. The van der Waals surface area contributed by atoms with Crippen molar-refractivity contribution >= 4 is 44.9 Å².